The molecule has 1 saturated carbocycles. The number of benzene rings is 1. The number of imide groups is 1. The van der Waals surface area contributed by atoms with Gasteiger partial charge >= 0.3 is 0 Å². The Labute approximate surface area is 148 Å². The van der Waals surface area contributed by atoms with Crippen molar-refractivity contribution in [1.29, 1.82) is 0 Å². The average Bonchev–Trinajstić information content (AvgIpc) is 2.80. The Hall–Kier alpha value is -1.44. The fraction of sp³-hybridized carbons (Fsp3) is 0.471. The van der Waals surface area contributed by atoms with Crippen LogP contribution in [0.15, 0.2) is 24.3 Å². The van der Waals surface area contributed by atoms with Gasteiger partial charge in [-0.25, -0.2) is 0 Å². The molecule has 3 amide bonds. The van der Waals surface area contributed by atoms with E-state index in [-0.39, 0.29) is 42.5 Å². The van der Waals surface area contributed by atoms with Crippen LogP contribution in [0.2, 0.25) is 0 Å². The van der Waals surface area contributed by atoms with Crippen LogP contribution in [0.5, 0.6) is 0 Å². The first-order chi connectivity index (χ1) is 11.1. The molecule has 0 aromatic heterocycles. The number of amides is 3. The second kappa shape index (κ2) is 6.98. The number of nitrogens with zero attached hydrogens (tertiary/aromatic N) is 1. The van der Waals surface area contributed by atoms with Crippen LogP contribution in [0.25, 0.3) is 0 Å². The Bertz CT molecular complexity index is 622. The van der Waals surface area contributed by atoms with E-state index in [2.05, 4.69) is 27.9 Å². The molecule has 23 heavy (non-hydrogen) atoms. The zero-order valence-electron chi connectivity index (χ0n) is 12.8. The zero-order chi connectivity index (χ0) is 16.4. The Morgan fingerprint density at radius 1 is 1.13 bits per heavy atom. The molecule has 2 atom stereocenters. The van der Waals surface area contributed by atoms with Crippen molar-refractivity contribution in [1.82, 2.24) is 4.90 Å². The number of carbonyl (C=O) groups excluding carboxylic acids is 3. The smallest absolute Gasteiger partial charge is 0.233 e. The molecule has 1 N–H and O–H groups in total. The molecule has 2 fully saturated rings. The summed E-state index contributed by atoms with van der Waals surface area (Å²) in [6.07, 6.45) is 3.78. The van der Waals surface area contributed by atoms with Gasteiger partial charge in [0.2, 0.25) is 17.7 Å². The number of nitrogens with one attached hydrogen (secondary N) is 1. The van der Waals surface area contributed by atoms with Gasteiger partial charge in [-0.3, -0.25) is 19.3 Å². The fourth-order valence-electron chi connectivity index (χ4n) is 3.44. The minimum atomic E-state index is -0.176. The summed E-state index contributed by atoms with van der Waals surface area (Å²) in [5, 5.41) is 2.83. The van der Waals surface area contributed by atoms with E-state index in [9.17, 15) is 14.4 Å². The molecule has 3 rings (SSSR count). The van der Waals surface area contributed by atoms with E-state index in [1.165, 1.54) is 4.90 Å². The number of para-hydroxylation sites is 1. The molecule has 122 valence electrons. The molecule has 1 aliphatic carbocycles. The first-order valence-electron chi connectivity index (χ1n) is 7.97. The van der Waals surface area contributed by atoms with Gasteiger partial charge in [0.05, 0.1) is 17.5 Å². The monoisotopic (exact) mass is 426 g/mol. The third-order valence-electron chi connectivity index (χ3n) is 4.64. The lowest BCUT2D eigenvalue weighted by molar-refractivity contribution is -0.140. The van der Waals surface area contributed by atoms with E-state index < -0.39 is 0 Å². The standard InChI is InChI=1S/C17H19IN2O3/c18-13-7-3-4-8-14(13)19-15(21)9-10-20-16(22)11-5-1-2-6-12(11)17(20)23/h3-4,7-8,11-12H,1-2,5-6,9-10H2,(H,19,21)/t11-,12+. The third kappa shape index (κ3) is 3.41. The van der Waals surface area contributed by atoms with Gasteiger partial charge in [0.25, 0.3) is 0 Å². The van der Waals surface area contributed by atoms with Crippen molar-refractivity contribution >= 4 is 46.0 Å². The highest BCUT2D eigenvalue weighted by Crippen LogP contribution is 2.37. The Morgan fingerprint density at radius 2 is 1.74 bits per heavy atom. The van der Waals surface area contributed by atoms with Gasteiger partial charge in [0, 0.05) is 16.5 Å². The topological polar surface area (TPSA) is 66.5 Å². The second-order valence-corrected chi connectivity index (χ2v) is 7.27. The predicted molar refractivity (Wildman–Crippen MR) is 94.6 cm³/mol. The highest BCUT2D eigenvalue weighted by Gasteiger charge is 2.47. The van der Waals surface area contributed by atoms with Crippen LogP contribution in [0.4, 0.5) is 5.69 Å². The number of likely N-dealkylation sites (tertiary alicyclic amines) is 1. The number of halogens is 1. The molecule has 0 spiro atoms. The van der Waals surface area contributed by atoms with Crippen molar-refractivity contribution in [2.24, 2.45) is 11.8 Å². The van der Waals surface area contributed by atoms with Crippen molar-refractivity contribution in [2.75, 3.05) is 11.9 Å². The normalized spacial score (nSPS) is 23.8. The summed E-state index contributed by atoms with van der Waals surface area (Å²) >= 11 is 2.16. The number of hydrogen-bond donors (Lipinski definition) is 1. The van der Waals surface area contributed by atoms with Gasteiger partial charge in [-0.1, -0.05) is 25.0 Å². The van der Waals surface area contributed by atoms with Crippen LogP contribution in [-0.4, -0.2) is 29.2 Å². The molecule has 5 nitrogen and oxygen atoms in total. The number of anilines is 1. The van der Waals surface area contributed by atoms with Gasteiger partial charge in [0.1, 0.15) is 0 Å². The maximum atomic E-state index is 12.3. The number of rotatable bonds is 4. The number of fused-ring (bicyclic) bond motifs is 1. The van der Waals surface area contributed by atoms with E-state index in [1.54, 1.807) is 0 Å². The average molecular weight is 426 g/mol. The summed E-state index contributed by atoms with van der Waals surface area (Å²) in [6.45, 7) is 0.180. The molecule has 0 unspecified atom stereocenters. The molecular formula is C17H19IN2O3. The summed E-state index contributed by atoms with van der Waals surface area (Å²) in [6, 6.07) is 7.51. The highest BCUT2D eigenvalue weighted by atomic mass is 127. The summed E-state index contributed by atoms with van der Waals surface area (Å²) in [5.74, 6) is -0.628. The maximum absolute atomic E-state index is 12.3. The molecule has 1 aliphatic heterocycles. The first kappa shape index (κ1) is 16.4. The number of hydrogen-bond acceptors (Lipinski definition) is 3. The zero-order valence-corrected chi connectivity index (χ0v) is 14.9. The predicted octanol–water partition coefficient (Wildman–Crippen LogP) is 2.80. The van der Waals surface area contributed by atoms with E-state index in [0.29, 0.717) is 0 Å². The second-order valence-electron chi connectivity index (χ2n) is 6.10. The molecule has 1 saturated heterocycles. The molecule has 1 aromatic rings. The fourth-order valence-corrected chi connectivity index (χ4v) is 3.96. The van der Waals surface area contributed by atoms with Crippen LogP contribution in [-0.2, 0) is 14.4 Å². The Kier molecular flexibility index (Phi) is 4.99. The third-order valence-corrected chi connectivity index (χ3v) is 5.58. The summed E-state index contributed by atoms with van der Waals surface area (Å²) < 4.78 is 0.956. The van der Waals surface area contributed by atoms with Gasteiger partial charge in [-0.05, 0) is 47.6 Å². The van der Waals surface area contributed by atoms with Gasteiger partial charge in [-0.2, -0.15) is 0 Å². The minimum absolute atomic E-state index is 0.0817. The SMILES string of the molecule is O=C(CCN1C(=O)[C@H]2CCCC[C@H]2C1=O)Nc1ccccc1I. The Balaban J connectivity index is 1.58. The lowest BCUT2D eigenvalue weighted by Crippen LogP contribution is -2.34. The molecule has 1 heterocycles. The van der Waals surface area contributed by atoms with Crippen molar-refractivity contribution < 1.29 is 14.4 Å². The van der Waals surface area contributed by atoms with Crippen molar-refractivity contribution in [3.05, 3.63) is 27.8 Å². The molecule has 2 aliphatic rings. The van der Waals surface area contributed by atoms with Crippen LogP contribution in [0.1, 0.15) is 32.1 Å². The lowest BCUT2D eigenvalue weighted by Gasteiger charge is -2.19. The van der Waals surface area contributed by atoms with Crippen LogP contribution in [0, 0.1) is 15.4 Å². The van der Waals surface area contributed by atoms with Crippen LogP contribution >= 0.6 is 22.6 Å². The lowest BCUT2D eigenvalue weighted by atomic mass is 9.81. The quantitative estimate of drug-likeness (QED) is 0.595. The van der Waals surface area contributed by atoms with Crippen molar-refractivity contribution in [3.8, 4) is 0 Å². The van der Waals surface area contributed by atoms with E-state index in [0.717, 1.165) is 34.9 Å². The molecule has 1 aromatic carbocycles. The summed E-state index contributed by atoms with van der Waals surface area (Å²) in [4.78, 5) is 38.1. The Morgan fingerprint density at radius 3 is 2.35 bits per heavy atom. The number of carbonyl (C=O) groups is 3. The van der Waals surface area contributed by atoms with Crippen molar-refractivity contribution in [3.63, 3.8) is 0 Å². The van der Waals surface area contributed by atoms with Gasteiger partial charge in [0.15, 0.2) is 0 Å². The summed E-state index contributed by atoms with van der Waals surface area (Å²) in [5.41, 5.74) is 0.755. The van der Waals surface area contributed by atoms with Gasteiger partial charge < -0.3 is 5.32 Å². The van der Waals surface area contributed by atoms with Crippen molar-refractivity contribution in [2.45, 2.75) is 32.1 Å². The highest BCUT2D eigenvalue weighted by molar-refractivity contribution is 14.1. The van der Waals surface area contributed by atoms with E-state index >= 15 is 0 Å². The largest absolute Gasteiger partial charge is 0.325 e. The van der Waals surface area contributed by atoms with Crippen LogP contribution in [0.3, 0.4) is 0 Å². The van der Waals surface area contributed by atoms with E-state index in [4.69, 9.17) is 0 Å². The molecular weight excluding hydrogens is 407 g/mol. The minimum Gasteiger partial charge on any atom is -0.325 e. The van der Waals surface area contributed by atoms with E-state index in [1.807, 2.05) is 24.3 Å². The first-order valence-corrected chi connectivity index (χ1v) is 9.05. The summed E-state index contributed by atoms with van der Waals surface area (Å²) in [7, 11) is 0. The maximum Gasteiger partial charge on any atom is 0.233 e. The molecule has 0 bridgehead atoms. The van der Waals surface area contributed by atoms with Gasteiger partial charge in [-0.15, -0.1) is 0 Å². The molecule has 6 heteroatoms. The van der Waals surface area contributed by atoms with Crippen LogP contribution < -0.4 is 5.32 Å². The molecule has 0 radical (unpaired) electrons.